The Hall–Kier alpha value is -1.21. The van der Waals surface area contributed by atoms with Gasteiger partial charge < -0.3 is 10.5 Å². The summed E-state index contributed by atoms with van der Waals surface area (Å²) in [6, 6.07) is 5.62. The zero-order chi connectivity index (χ0) is 14.7. The van der Waals surface area contributed by atoms with Gasteiger partial charge in [-0.15, -0.1) is 0 Å². The predicted octanol–water partition coefficient (Wildman–Crippen LogP) is 3.04. The van der Waals surface area contributed by atoms with Crippen molar-refractivity contribution in [1.82, 2.24) is 0 Å². The number of benzene rings is 1. The Labute approximate surface area is 113 Å². The fourth-order valence-electron chi connectivity index (χ4n) is 1.51. The van der Waals surface area contributed by atoms with E-state index >= 15 is 0 Å². The first-order valence-corrected chi connectivity index (χ1v) is 6.18. The molecule has 0 spiro atoms. The van der Waals surface area contributed by atoms with E-state index in [0.717, 1.165) is 0 Å². The van der Waals surface area contributed by atoms with Crippen LogP contribution in [0.3, 0.4) is 0 Å². The van der Waals surface area contributed by atoms with E-state index in [2.05, 4.69) is 4.74 Å². The Kier molecular flexibility index (Phi) is 4.86. The molecule has 7 heteroatoms. The molecule has 0 heterocycles. The molecule has 0 unspecified atom stereocenters. The van der Waals surface area contributed by atoms with Crippen LogP contribution in [0.5, 0.6) is 0 Å². The minimum absolute atomic E-state index is 0.0464. The van der Waals surface area contributed by atoms with Crippen molar-refractivity contribution < 1.29 is 22.7 Å². The lowest BCUT2D eigenvalue weighted by atomic mass is 9.90. The molecular weight excluding hydrogens is 279 g/mol. The molecule has 0 aliphatic heterocycles. The fourth-order valence-corrected chi connectivity index (χ4v) is 2.05. The number of rotatable bonds is 4. The van der Waals surface area contributed by atoms with Gasteiger partial charge in [0.2, 0.25) is 0 Å². The van der Waals surface area contributed by atoms with Crippen molar-refractivity contribution in [2.24, 2.45) is 5.73 Å². The zero-order valence-electron chi connectivity index (χ0n) is 10.5. The number of esters is 1. The average Bonchev–Trinajstić information content (AvgIpc) is 2.26. The van der Waals surface area contributed by atoms with Gasteiger partial charge >= 0.3 is 11.5 Å². The molecule has 1 rings (SSSR count). The largest absolute Gasteiger partial charge is 0.469 e. The monoisotopic (exact) mass is 293 g/mol. The Morgan fingerprint density at radius 3 is 2.26 bits per heavy atom. The second-order valence-corrected chi connectivity index (χ2v) is 5.38. The molecule has 0 aliphatic rings. The number of ether oxygens (including phenoxy) is 1. The van der Waals surface area contributed by atoms with E-state index in [1.54, 1.807) is 6.92 Å². The van der Waals surface area contributed by atoms with Gasteiger partial charge in [-0.2, -0.15) is 13.2 Å². The number of thioether (sulfide) groups is 1. The molecule has 19 heavy (non-hydrogen) atoms. The van der Waals surface area contributed by atoms with Gasteiger partial charge in [-0.05, 0) is 36.4 Å². The number of carbonyl (C=O) groups is 1. The molecule has 3 nitrogen and oxygen atoms in total. The Bertz CT molecular complexity index is 443. The summed E-state index contributed by atoms with van der Waals surface area (Å²) < 4.78 is 41.0. The van der Waals surface area contributed by atoms with Gasteiger partial charge in [0.15, 0.2) is 0 Å². The fraction of sp³-hybridized carbons (Fsp3) is 0.417. The summed E-state index contributed by atoms with van der Waals surface area (Å²) in [5.41, 5.74) is 1.24. The van der Waals surface area contributed by atoms with E-state index in [1.165, 1.54) is 31.4 Å². The van der Waals surface area contributed by atoms with E-state index in [0.29, 0.717) is 5.56 Å². The number of carbonyl (C=O) groups excluding carboxylic acids is 1. The third-order valence-corrected chi connectivity index (χ3v) is 3.23. The highest BCUT2D eigenvalue weighted by Crippen LogP contribution is 2.37. The van der Waals surface area contributed by atoms with Crippen molar-refractivity contribution >= 4 is 17.7 Å². The third-order valence-electron chi connectivity index (χ3n) is 2.49. The van der Waals surface area contributed by atoms with Gasteiger partial charge in [-0.3, -0.25) is 4.79 Å². The van der Waals surface area contributed by atoms with Crippen LogP contribution in [0, 0.1) is 0 Å². The maximum Gasteiger partial charge on any atom is 0.446 e. The molecule has 0 saturated heterocycles. The van der Waals surface area contributed by atoms with Crippen molar-refractivity contribution in [3.63, 3.8) is 0 Å². The minimum atomic E-state index is -4.32. The second-order valence-electron chi connectivity index (χ2n) is 4.24. The van der Waals surface area contributed by atoms with Crippen molar-refractivity contribution in [3.05, 3.63) is 29.8 Å². The molecule has 0 amide bonds. The standard InChI is InChI=1S/C12H14F3NO2S/c1-11(16,7-10(17)18-2)8-3-5-9(6-4-8)19-12(13,14)15/h3-6H,7,16H2,1-2H3/t11-/m1/s1. The average molecular weight is 293 g/mol. The van der Waals surface area contributed by atoms with Crippen molar-refractivity contribution in [2.75, 3.05) is 7.11 Å². The highest BCUT2D eigenvalue weighted by Gasteiger charge is 2.30. The molecule has 0 aliphatic carbocycles. The van der Waals surface area contributed by atoms with Crippen LogP contribution in [-0.4, -0.2) is 18.6 Å². The first-order valence-electron chi connectivity index (χ1n) is 5.36. The first kappa shape index (κ1) is 15.8. The summed E-state index contributed by atoms with van der Waals surface area (Å²) >= 11 is -0.194. The summed E-state index contributed by atoms with van der Waals surface area (Å²) in [7, 11) is 1.25. The van der Waals surface area contributed by atoms with Crippen LogP contribution in [0.2, 0.25) is 0 Å². The van der Waals surface area contributed by atoms with Crippen LogP contribution in [0.25, 0.3) is 0 Å². The molecule has 0 fully saturated rings. The Morgan fingerprint density at radius 2 is 1.84 bits per heavy atom. The van der Waals surface area contributed by atoms with Crippen LogP contribution >= 0.6 is 11.8 Å². The van der Waals surface area contributed by atoms with E-state index in [9.17, 15) is 18.0 Å². The zero-order valence-corrected chi connectivity index (χ0v) is 11.3. The lowest BCUT2D eigenvalue weighted by Gasteiger charge is -2.24. The maximum atomic E-state index is 12.2. The molecule has 1 aromatic carbocycles. The van der Waals surface area contributed by atoms with Gasteiger partial charge in [0.25, 0.3) is 0 Å². The molecule has 0 radical (unpaired) electrons. The Morgan fingerprint density at radius 1 is 1.32 bits per heavy atom. The quantitative estimate of drug-likeness (QED) is 0.685. The van der Waals surface area contributed by atoms with Crippen LogP contribution in [0.15, 0.2) is 29.2 Å². The van der Waals surface area contributed by atoms with E-state index in [-0.39, 0.29) is 23.1 Å². The van der Waals surface area contributed by atoms with Crippen LogP contribution in [0.1, 0.15) is 18.9 Å². The normalized spacial score (nSPS) is 14.8. The SMILES string of the molecule is COC(=O)C[C@@](C)(N)c1ccc(SC(F)(F)F)cc1. The lowest BCUT2D eigenvalue weighted by molar-refractivity contribution is -0.142. The van der Waals surface area contributed by atoms with E-state index in [4.69, 9.17) is 5.73 Å². The predicted molar refractivity (Wildman–Crippen MR) is 66.5 cm³/mol. The van der Waals surface area contributed by atoms with Crippen molar-refractivity contribution in [2.45, 2.75) is 29.3 Å². The molecule has 0 saturated carbocycles. The summed E-state index contributed by atoms with van der Waals surface area (Å²) in [6.45, 7) is 1.62. The summed E-state index contributed by atoms with van der Waals surface area (Å²) in [5, 5.41) is 0. The van der Waals surface area contributed by atoms with Gasteiger partial charge in [0.05, 0.1) is 13.5 Å². The molecule has 1 atom stereocenters. The number of hydrogen-bond acceptors (Lipinski definition) is 4. The summed E-state index contributed by atoms with van der Waals surface area (Å²) in [5.74, 6) is -0.473. The first-order chi connectivity index (χ1) is 8.64. The molecule has 1 aromatic rings. The summed E-state index contributed by atoms with van der Waals surface area (Å²) in [6.07, 6.45) is -0.0464. The second kappa shape index (κ2) is 5.83. The lowest BCUT2D eigenvalue weighted by Crippen LogP contribution is -2.35. The van der Waals surface area contributed by atoms with Crippen LogP contribution in [-0.2, 0) is 15.1 Å². The highest BCUT2D eigenvalue weighted by atomic mass is 32.2. The van der Waals surface area contributed by atoms with Gasteiger partial charge in [-0.25, -0.2) is 0 Å². The number of hydrogen-bond donors (Lipinski definition) is 1. The van der Waals surface area contributed by atoms with Gasteiger partial charge in [0.1, 0.15) is 0 Å². The molecular formula is C12H14F3NO2S. The topological polar surface area (TPSA) is 52.3 Å². The number of halogens is 3. The van der Waals surface area contributed by atoms with Gasteiger partial charge in [0, 0.05) is 10.4 Å². The third kappa shape index (κ3) is 5.12. The van der Waals surface area contributed by atoms with Crippen LogP contribution < -0.4 is 5.73 Å². The smallest absolute Gasteiger partial charge is 0.446 e. The maximum absolute atomic E-state index is 12.2. The van der Waals surface area contributed by atoms with E-state index in [1.807, 2.05) is 0 Å². The van der Waals surface area contributed by atoms with Gasteiger partial charge in [-0.1, -0.05) is 12.1 Å². The summed E-state index contributed by atoms with van der Waals surface area (Å²) in [4.78, 5) is 11.3. The van der Waals surface area contributed by atoms with Crippen LogP contribution in [0.4, 0.5) is 13.2 Å². The Balaban J connectivity index is 2.83. The molecule has 0 aromatic heterocycles. The molecule has 106 valence electrons. The minimum Gasteiger partial charge on any atom is -0.469 e. The number of alkyl halides is 3. The number of nitrogens with two attached hydrogens (primary N) is 1. The van der Waals surface area contributed by atoms with Crippen molar-refractivity contribution in [3.8, 4) is 0 Å². The molecule has 2 N–H and O–H groups in total. The number of methoxy groups -OCH3 is 1. The van der Waals surface area contributed by atoms with Crippen molar-refractivity contribution in [1.29, 1.82) is 0 Å². The van der Waals surface area contributed by atoms with E-state index < -0.39 is 17.0 Å². The molecule has 0 bridgehead atoms. The highest BCUT2D eigenvalue weighted by molar-refractivity contribution is 8.00.